The van der Waals surface area contributed by atoms with Gasteiger partial charge in [-0.2, -0.15) is 0 Å². The zero-order valence-electron chi connectivity index (χ0n) is 16.4. The van der Waals surface area contributed by atoms with Gasteiger partial charge in [-0.25, -0.2) is 0 Å². The molecule has 0 aliphatic carbocycles. The van der Waals surface area contributed by atoms with E-state index < -0.39 is 0 Å². The Morgan fingerprint density at radius 1 is 0.567 bits per heavy atom. The lowest BCUT2D eigenvalue weighted by Gasteiger charge is -1.99. The van der Waals surface area contributed by atoms with Gasteiger partial charge in [0, 0.05) is 33.9 Å². The molecule has 2 nitrogen and oxygen atoms in total. The van der Waals surface area contributed by atoms with Crippen LogP contribution in [0.2, 0.25) is 5.02 Å². The first-order valence-electron chi connectivity index (χ1n) is 9.61. The normalized spacial score (nSPS) is 9.63. The molecule has 0 saturated heterocycles. The van der Waals surface area contributed by atoms with E-state index >= 15 is 0 Å². The predicted molar refractivity (Wildman–Crippen MR) is 126 cm³/mol. The Balaban J connectivity index is 0.000000142. The molecule has 1 aromatic heterocycles. The zero-order valence-corrected chi connectivity index (χ0v) is 17.2. The number of halogens is 1. The minimum absolute atomic E-state index is 0.0752. The van der Waals surface area contributed by atoms with Crippen molar-refractivity contribution in [3.8, 4) is 0 Å². The zero-order chi connectivity index (χ0) is 21.0. The number of carbonyl (C=O) groups is 1. The van der Waals surface area contributed by atoms with Crippen LogP contribution >= 0.6 is 11.6 Å². The molecule has 1 N–H and O–H groups in total. The summed E-state index contributed by atoms with van der Waals surface area (Å²) < 4.78 is 0. The SMILES string of the molecule is Clc1cccc2ccccc12.O=C(c1ccccc1)c1ccccc1.c1cc[nH]c1. The lowest BCUT2D eigenvalue weighted by Crippen LogP contribution is -1.99. The topological polar surface area (TPSA) is 32.9 Å². The molecule has 30 heavy (non-hydrogen) atoms. The monoisotopic (exact) mass is 411 g/mol. The molecule has 0 radical (unpaired) electrons. The smallest absolute Gasteiger partial charge is 0.193 e. The molecule has 4 aromatic carbocycles. The number of aromatic nitrogens is 1. The van der Waals surface area contributed by atoms with Crippen molar-refractivity contribution < 1.29 is 4.79 Å². The number of carbonyl (C=O) groups excluding carboxylic acids is 1. The van der Waals surface area contributed by atoms with Crippen LogP contribution in [0.1, 0.15) is 15.9 Å². The standard InChI is InChI=1S/C13H10O.C10H7Cl.C4H5N/c14-13(11-7-3-1-4-8-11)12-9-5-2-6-10-12;11-10-7-3-5-8-4-1-2-6-9(8)10;1-2-4-5-3-1/h1-10H;1-7H;1-5H. The van der Waals surface area contributed by atoms with Gasteiger partial charge in [0.2, 0.25) is 0 Å². The van der Waals surface area contributed by atoms with Gasteiger partial charge in [-0.05, 0) is 23.6 Å². The summed E-state index contributed by atoms with van der Waals surface area (Å²) in [6.07, 6.45) is 3.75. The summed E-state index contributed by atoms with van der Waals surface area (Å²) in [7, 11) is 0. The van der Waals surface area contributed by atoms with Crippen molar-refractivity contribution in [2.24, 2.45) is 0 Å². The van der Waals surface area contributed by atoms with Crippen molar-refractivity contribution in [3.63, 3.8) is 0 Å². The summed E-state index contributed by atoms with van der Waals surface area (Å²) in [4.78, 5) is 14.7. The van der Waals surface area contributed by atoms with Crippen molar-refractivity contribution in [1.29, 1.82) is 0 Å². The second-order valence-electron chi connectivity index (χ2n) is 6.41. The summed E-state index contributed by atoms with van der Waals surface area (Å²) >= 11 is 5.96. The van der Waals surface area contributed by atoms with Crippen LogP contribution in [0, 0.1) is 0 Å². The minimum Gasteiger partial charge on any atom is -0.368 e. The Labute approximate surface area is 181 Å². The first kappa shape index (κ1) is 21.1. The third-order valence-electron chi connectivity index (χ3n) is 4.30. The molecule has 0 bridgehead atoms. The number of rotatable bonds is 2. The van der Waals surface area contributed by atoms with E-state index in [0.29, 0.717) is 0 Å². The number of fused-ring (bicyclic) bond motifs is 1. The number of aromatic amines is 1. The molecule has 5 rings (SSSR count). The number of ketones is 1. The van der Waals surface area contributed by atoms with Gasteiger partial charge >= 0.3 is 0 Å². The number of H-pyrrole nitrogens is 1. The average Bonchev–Trinajstić information content (AvgIpc) is 3.41. The predicted octanol–water partition coefficient (Wildman–Crippen LogP) is 7.43. The number of benzene rings is 4. The van der Waals surface area contributed by atoms with Crippen molar-refractivity contribution in [3.05, 3.63) is 144 Å². The molecule has 0 fully saturated rings. The second kappa shape index (κ2) is 11.4. The lowest BCUT2D eigenvalue weighted by atomic mass is 10.0. The maximum atomic E-state index is 11.8. The molecular weight excluding hydrogens is 390 g/mol. The van der Waals surface area contributed by atoms with Gasteiger partial charge in [0.05, 0.1) is 0 Å². The Bertz CT molecular complexity index is 1090. The van der Waals surface area contributed by atoms with Gasteiger partial charge in [-0.3, -0.25) is 4.79 Å². The Kier molecular flexibility index (Phi) is 8.02. The summed E-state index contributed by atoms with van der Waals surface area (Å²) in [5, 5.41) is 3.14. The average molecular weight is 412 g/mol. The quantitative estimate of drug-likeness (QED) is 0.301. The highest BCUT2D eigenvalue weighted by Gasteiger charge is 2.06. The highest BCUT2D eigenvalue weighted by Crippen LogP contribution is 2.22. The van der Waals surface area contributed by atoms with Crippen molar-refractivity contribution >= 4 is 28.2 Å². The maximum absolute atomic E-state index is 11.8. The van der Waals surface area contributed by atoms with Gasteiger partial charge in [-0.1, -0.05) is 109 Å². The fourth-order valence-electron chi connectivity index (χ4n) is 2.81. The van der Waals surface area contributed by atoms with E-state index in [1.54, 1.807) is 0 Å². The van der Waals surface area contributed by atoms with E-state index in [1.165, 1.54) is 5.39 Å². The van der Waals surface area contributed by atoms with Gasteiger partial charge in [-0.15, -0.1) is 0 Å². The van der Waals surface area contributed by atoms with Crippen LogP contribution < -0.4 is 0 Å². The Morgan fingerprint density at radius 2 is 1.07 bits per heavy atom. The van der Waals surface area contributed by atoms with Crippen LogP contribution in [0.25, 0.3) is 10.8 Å². The molecule has 0 aliphatic rings. The minimum atomic E-state index is 0.0752. The molecule has 0 spiro atoms. The number of hydrogen-bond acceptors (Lipinski definition) is 1. The van der Waals surface area contributed by atoms with Crippen molar-refractivity contribution in [2.75, 3.05) is 0 Å². The van der Waals surface area contributed by atoms with E-state index in [-0.39, 0.29) is 5.78 Å². The van der Waals surface area contributed by atoms with E-state index in [9.17, 15) is 4.79 Å². The van der Waals surface area contributed by atoms with Gasteiger partial charge in [0.15, 0.2) is 5.78 Å². The van der Waals surface area contributed by atoms with Crippen LogP contribution in [0.4, 0.5) is 0 Å². The largest absolute Gasteiger partial charge is 0.368 e. The summed E-state index contributed by atoms with van der Waals surface area (Å²) in [5.74, 6) is 0.0752. The van der Waals surface area contributed by atoms with Crippen LogP contribution in [0.15, 0.2) is 128 Å². The molecule has 0 unspecified atom stereocenters. The molecule has 3 heteroatoms. The molecule has 5 aromatic rings. The number of hydrogen-bond donors (Lipinski definition) is 1. The number of nitrogens with one attached hydrogen (secondary N) is 1. The fraction of sp³-hybridized carbons (Fsp3) is 0. The fourth-order valence-corrected chi connectivity index (χ4v) is 3.05. The maximum Gasteiger partial charge on any atom is 0.193 e. The van der Waals surface area contributed by atoms with Gasteiger partial charge in [0.1, 0.15) is 0 Å². The van der Waals surface area contributed by atoms with Gasteiger partial charge in [0.25, 0.3) is 0 Å². The highest BCUT2D eigenvalue weighted by molar-refractivity contribution is 6.35. The first-order chi connectivity index (χ1) is 14.8. The van der Waals surface area contributed by atoms with Crippen LogP contribution in [-0.2, 0) is 0 Å². The summed E-state index contributed by atoms with van der Waals surface area (Å²) in [6, 6.07) is 36.5. The lowest BCUT2D eigenvalue weighted by molar-refractivity contribution is 0.103. The third-order valence-corrected chi connectivity index (χ3v) is 4.63. The van der Waals surface area contributed by atoms with Crippen molar-refractivity contribution in [1.82, 2.24) is 4.98 Å². The summed E-state index contributed by atoms with van der Waals surface area (Å²) in [6.45, 7) is 0. The second-order valence-corrected chi connectivity index (χ2v) is 6.81. The molecule has 0 aliphatic heterocycles. The molecule has 1 heterocycles. The summed E-state index contributed by atoms with van der Waals surface area (Å²) in [5.41, 5.74) is 1.47. The highest BCUT2D eigenvalue weighted by atomic mass is 35.5. The van der Waals surface area contributed by atoms with Crippen LogP contribution in [-0.4, -0.2) is 10.8 Å². The first-order valence-corrected chi connectivity index (χ1v) is 9.99. The van der Waals surface area contributed by atoms with Gasteiger partial charge < -0.3 is 4.98 Å². The van der Waals surface area contributed by atoms with E-state index in [0.717, 1.165) is 21.5 Å². The van der Waals surface area contributed by atoms with Crippen LogP contribution in [0.5, 0.6) is 0 Å². The Hall–Kier alpha value is -3.62. The molecule has 0 atom stereocenters. The van der Waals surface area contributed by atoms with Crippen LogP contribution in [0.3, 0.4) is 0 Å². The Morgan fingerprint density at radius 3 is 1.57 bits per heavy atom. The molecule has 148 valence electrons. The van der Waals surface area contributed by atoms with E-state index in [4.69, 9.17) is 11.6 Å². The molecule has 0 amide bonds. The van der Waals surface area contributed by atoms with E-state index in [2.05, 4.69) is 17.1 Å². The molecular formula is C27H22ClNO. The third kappa shape index (κ3) is 6.20. The molecule has 0 saturated carbocycles. The van der Waals surface area contributed by atoms with E-state index in [1.807, 2.05) is 116 Å². The van der Waals surface area contributed by atoms with Crippen molar-refractivity contribution in [2.45, 2.75) is 0 Å².